The Labute approximate surface area is 91.1 Å². The largest absolute Gasteiger partial charge is 0.480 e. The smallest absolute Gasteiger partial charge is 0.323 e. The van der Waals surface area contributed by atoms with Crippen molar-refractivity contribution in [1.82, 2.24) is 5.32 Å². The summed E-state index contributed by atoms with van der Waals surface area (Å²) in [6, 6.07) is -1.30. The fourth-order valence-electron chi connectivity index (χ4n) is 1.35. The molecule has 1 aliphatic rings. The molecule has 1 fully saturated rings. The number of nitrogens with one attached hydrogen (secondary N) is 1. The Morgan fingerprint density at radius 3 is 2.50 bits per heavy atom. The summed E-state index contributed by atoms with van der Waals surface area (Å²) in [6.45, 7) is -0.909. The zero-order chi connectivity index (χ0) is 12.3. The monoisotopic (exact) mass is 237 g/mol. The van der Waals surface area contributed by atoms with Crippen molar-refractivity contribution in [2.75, 3.05) is 13.2 Å². The Bertz CT molecular complexity index is 249. The van der Waals surface area contributed by atoms with Gasteiger partial charge in [-0.05, 0) is 0 Å². The Morgan fingerprint density at radius 1 is 1.38 bits per heavy atom. The van der Waals surface area contributed by atoms with Gasteiger partial charge in [-0.3, -0.25) is 10.1 Å². The molecule has 0 saturated carbocycles. The van der Waals surface area contributed by atoms with Gasteiger partial charge in [-0.1, -0.05) is 0 Å². The van der Waals surface area contributed by atoms with E-state index in [0.717, 1.165) is 0 Å². The van der Waals surface area contributed by atoms with Gasteiger partial charge in [0.25, 0.3) is 0 Å². The summed E-state index contributed by atoms with van der Waals surface area (Å²) in [4.78, 5) is 10.6. The molecule has 94 valence electrons. The summed E-state index contributed by atoms with van der Waals surface area (Å²) in [5.74, 6) is -1.31. The fraction of sp³-hybridized carbons (Fsp3) is 0.875. The molecule has 0 radical (unpaired) electrons. The van der Waals surface area contributed by atoms with Crippen LogP contribution in [0.4, 0.5) is 0 Å². The lowest BCUT2D eigenvalue weighted by Crippen LogP contribution is -2.61. The third-order valence-electron chi connectivity index (χ3n) is 2.35. The van der Waals surface area contributed by atoms with Gasteiger partial charge in [0.2, 0.25) is 0 Å². The van der Waals surface area contributed by atoms with E-state index in [2.05, 4.69) is 5.32 Å². The number of ether oxygens (including phenoxy) is 1. The zero-order valence-electron chi connectivity index (χ0n) is 8.35. The summed E-state index contributed by atoms with van der Waals surface area (Å²) < 4.78 is 4.91. The molecule has 1 aliphatic heterocycles. The van der Waals surface area contributed by atoms with E-state index in [1.807, 2.05) is 0 Å². The number of aliphatic carboxylic acids is 1. The van der Waals surface area contributed by atoms with Crippen molar-refractivity contribution in [3.63, 3.8) is 0 Å². The number of rotatable bonds is 4. The number of hydrogen-bond acceptors (Lipinski definition) is 7. The molecule has 5 unspecified atom stereocenters. The molecule has 0 bridgehead atoms. The lowest BCUT2D eigenvalue weighted by molar-refractivity contribution is -0.199. The second kappa shape index (κ2) is 5.53. The van der Waals surface area contributed by atoms with Crippen LogP contribution in [0.25, 0.3) is 0 Å². The molecule has 8 heteroatoms. The van der Waals surface area contributed by atoms with Crippen LogP contribution in [0, 0.1) is 0 Å². The summed E-state index contributed by atoms with van der Waals surface area (Å²) in [5, 5.41) is 47.6. The van der Waals surface area contributed by atoms with Crippen molar-refractivity contribution in [3.8, 4) is 0 Å². The average molecular weight is 237 g/mol. The van der Waals surface area contributed by atoms with E-state index < -0.39 is 43.2 Å². The van der Waals surface area contributed by atoms with E-state index in [1.165, 1.54) is 0 Å². The minimum absolute atomic E-state index is 0.229. The summed E-state index contributed by atoms with van der Waals surface area (Å²) >= 11 is 0. The Kier molecular flexibility index (Phi) is 4.59. The molecule has 0 spiro atoms. The van der Waals surface area contributed by atoms with Crippen LogP contribution in [0.1, 0.15) is 0 Å². The topological polar surface area (TPSA) is 139 Å². The second-order valence-corrected chi connectivity index (χ2v) is 3.54. The highest BCUT2D eigenvalue weighted by molar-refractivity contribution is 5.73. The first-order valence-electron chi connectivity index (χ1n) is 4.73. The standard InChI is InChI=1S/C8H15NO7/c10-1-3(8(14)15)9-7-6(13)5(12)4(11)2-16-7/h3-7,9-13H,1-2H2,(H,14,15). The second-order valence-electron chi connectivity index (χ2n) is 3.54. The van der Waals surface area contributed by atoms with Crippen molar-refractivity contribution in [3.05, 3.63) is 0 Å². The van der Waals surface area contributed by atoms with Gasteiger partial charge in [0.05, 0.1) is 13.2 Å². The molecule has 1 saturated heterocycles. The van der Waals surface area contributed by atoms with Crippen LogP contribution in [0.2, 0.25) is 0 Å². The van der Waals surface area contributed by atoms with Crippen LogP contribution in [0.5, 0.6) is 0 Å². The van der Waals surface area contributed by atoms with Crippen molar-refractivity contribution < 1.29 is 35.1 Å². The maximum absolute atomic E-state index is 10.6. The predicted molar refractivity (Wildman–Crippen MR) is 49.4 cm³/mol. The van der Waals surface area contributed by atoms with E-state index in [0.29, 0.717) is 0 Å². The first-order valence-corrected chi connectivity index (χ1v) is 4.73. The van der Waals surface area contributed by atoms with Gasteiger partial charge in [-0.25, -0.2) is 0 Å². The van der Waals surface area contributed by atoms with Gasteiger partial charge in [-0.15, -0.1) is 0 Å². The van der Waals surface area contributed by atoms with E-state index in [-0.39, 0.29) is 6.61 Å². The van der Waals surface area contributed by atoms with Crippen molar-refractivity contribution in [2.24, 2.45) is 0 Å². The lowest BCUT2D eigenvalue weighted by Gasteiger charge is -2.36. The van der Waals surface area contributed by atoms with Gasteiger partial charge in [0.15, 0.2) is 0 Å². The molecule has 0 aromatic rings. The quantitative estimate of drug-likeness (QED) is 0.295. The van der Waals surface area contributed by atoms with Crippen LogP contribution in [0.3, 0.4) is 0 Å². The normalized spacial score (nSPS) is 37.0. The van der Waals surface area contributed by atoms with E-state index >= 15 is 0 Å². The highest BCUT2D eigenvalue weighted by Crippen LogP contribution is 2.14. The van der Waals surface area contributed by atoms with E-state index in [9.17, 15) is 15.0 Å². The Balaban J connectivity index is 2.57. The summed E-state index contributed by atoms with van der Waals surface area (Å²) in [6.07, 6.45) is -5.24. The number of aliphatic hydroxyl groups excluding tert-OH is 4. The molecular weight excluding hydrogens is 222 g/mol. The first kappa shape index (κ1) is 13.3. The molecule has 0 aliphatic carbocycles. The van der Waals surface area contributed by atoms with Crippen LogP contribution < -0.4 is 5.32 Å². The van der Waals surface area contributed by atoms with Gasteiger partial charge < -0.3 is 30.3 Å². The molecule has 6 N–H and O–H groups in total. The molecule has 0 aromatic carbocycles. The minimum Gasteiger partial charge on any atom is -0.480 e. The molecular formula is C8H15NO7. The number of carbonyl (C=O) groups is 1. The maximum atomic E-state index is 10.6. The highest BCUT2D eigenvalue weighted by atomic mass is 16.5. The summed E-state index contributed by atoms with van der Waals surface area (Å²) in [7, 11) is 0. The van der Waals surface area contributed by atoms with Gasteiger partial charge in [0, 0.05) is 0 Å². The van der Waals surface area contributed by atoms with Gasteiger partial charge >= 0.3 is 5.97 Å². The third kappa shape index (κ3) is 2.88. The van der Waals surface area contributed by atoms with Crippen molar-refractivity contribution in [1.29, 1.82) is 0 Å². The van der Waals surface area contributed by atoms with E-state index in [4.69, 9.17) is 20.1 Å². The molecule has 5 atom stereocenters. The minimum atomic E-state index is -1.46. The van der Waals surface area contributed by atoms with Gasteiger partial charge in [-0.2, -0.15) is 0 Å². The van der Waals surface area contributed by atoms with Crippen LogP contribution in [-0.2, 0) is 9.53 Å². The maximum Gasteiger partial charge on any atom is 0.323 e. The molecule has 1 rings (SSSR count). The number of aliphatic hydroxyl groups is 4. The van der Waals surface area contributed by atoms with Gasteiger partial charge in [0.1, 0.15) is 30.6 Å². The summed E-state index contributed by atoms with van der Waals surface area (Å²) in [5.41, 5.74) is 0. The van der Waals surface area contributed by atoms with Crippen molar-refractivity contribution in [2.45, 2.75) is 30.6 Å². The Morgan fingerprint density at radius 2 is 2.00 bits per heavy atom. The molecule has 1 heterocycles. The first-order chi connectivity index (χ1) is 7.47. The van der Waals surface area contributed by atoms with Crippen LogP contribution >= 0.6 is 0 Å². The van der Waals surface area contributed by atoms with Crippen molar-refractivity contribution >= 4 is 5.97 Å². The SMILES string of the molecule is O=C(O)C(CO)NC1OCC(O)C(O)C1O. The van der Waals surface area contributed by atoms with E-state index in [1.54, 1.807) is 0 Å². The fourth-order valence-corrected chi connectivity index (χ4v) is 1.35. The Hall–Kier alpha value is -0.770. The zero-order valence-corrected chi connectivity index (χ0v) is 8.35. The predicted octanol–water partition coefficient (Wildman–Crippen LogP) is -3.54. The molecule has 0 amide bonds. The lowest BCUT2D eigenvalue weighted by atomic mass is 10.0. The number of hydrogen-bond donors (Lipinski definition) is 6. The number of carboxylic acid groups (broad SMARTS) is 1. The average Bonchev–Trinajstić information content (AvgIpc) is 2.25. The highest BCUT2D eigenvalue weighted by Gasteiger charge is 2.39. The molecule has 8 nitrogen and oxygen atoms in total. The number of carboxylic acids is 1. The molecule has 0 aromatic heterocycles. The van der Waals surface area contributed by atoms with Crippen LogP contribution in [0.15, 0.2) is 0 Å². The molecule has 16 heavy (non-hydrogen) atoms. The van der Waals surface area contributed by atoms with Crippen LogP contribution in [-0.4, -0.2) is 75.3 Å². The third-order valence-corrected chi connectivity index (χ3v) is 2.35.